The summed E-state index contributed by atoms with van der Waals surface area (Å²) in [7, 11) is 0. The van der Waals surface area contributed by atoms with Crippen molar-refractivity contribution in [2.45, 2.75) is 18.3 Å². The average molecular weight is 340 g/mol. The largest absolute Gasteiger partial charge is 0.573 e. The molecule has 6 heteroatoms. The summed E-state index contributed by atoms with van der Waals surface area (Å²) in [6, 6.07) is 13.1. The minimum atomic E-state index is -4.72. The minimum absolute atomic E-state index is 0.106. The van der Waals surface area contributed by atoms with Crippen molar-refractivity contribution in [2.75, 3.05) is 0 Å². The summed E-state index contributed by atoms with van der Waals surface area (Å²) in [6.07, 6.45) is -1.06. The molecule has 23 heavy (non-hydrogen) atoms. The Morgan fingerprint density at radius 3 is 2.39 bits per heavy atom. The van der Waals surface area contributed by atoms with E-state index in [-0.39, 0.29) is 17.7 Å². The van der Waals surface area contributed by atoms with E-state index in [0.717, 1.165) is 5.56 Å². The SMILES string of the molecule is FC(F)(F)Oc1ccccc1C1NC=CC1c1ccc(Cl)cc1. The molecule has 0 aromatic heterocycles. The van der Waals surface area contributed by atoms with Gasteiger partial charge in [-0.25, -0.2) is 0 Å². The van der Waals surface area contributed by atoms with Crippen molar-refractivity contribution in [3.8, 4) is 5.75 Å². The van der Waals surface area contributed by atoms with Crippen LogP contribution in [0.4, 0.5) is 13.2 Å². The lowest BCUT2D eigenvalue weighted by molar-refractivity contribution is -0.275. The quantitative estimate of drug-likeness (QED) is 0.832. The second-order valence-corrected chi connectivity index (χ2v) is 5.60. The number of benzene rings is 2. The van der Waals surface area contributed by atoms with Crippen molar-refractivity contribution in [3.05, 3.63) is 77.0 Å². The van der Waals surface area contributed by atoms with Crippen molar-refractivity contribution in [2.24, 2.45) is 0 Å². The van der Waals surface area contributed by atoms with Gasteiger partial charge < -0.3 is 10.1 Å². The lowest BCUT2D eigenvalue weighted by Gasteiger charge is -2.23. The van der Waals surface area contributed by atoms with Crippen LogP contribution in [-0.2, 0) is 0 Å². The second-order valence-electron chi connectivity index (χ2n) is 5.17. The predicted octanol–water partition coefficient (Wildman–Crippen LogP) is 5.18. The average Bonchev–Trinajstić information content (AvgIpc) is 2.96. The van der Waals surface area contributed by atoms with E-state index in [1.807, 2.05) is 18.2 Å². The number of hydrogen-bond donors (Lipinski definition) is 1. The van der Waals surface area contributed by atoms with E-state index in [0.29, 0.717) is 10.6 Å². The molecule has 2 atom stereocenters. The molecule has 0 saturated carbocycles. The van der Waals surface area contributed by atoms with Crippen LogP contribution in [0.3, 0.4) is 0 Å². The molecule has 0 radical (unpaired) electrons. The molecule has 2 aromatic rings. The summed E-state index contributed by atoms with van der Waals surface area (Å²) in [5, 5.41) is 3.71. The van der Waals surface area contributed by atoms with Crippen LogP contribution in [0.2, 0.25) is 5.02 Å². The smallest absolute Gasteiger partial charge is 0.405 e. The Morgan fingerprint density at radius 1 is 1.00 bits per heavy atom. The van der Waals surface area contributed by atoms with Gasteiger partial charge in [-0.05, 0) is 30.0 Å². The minimum Gasteiger partial charge on any atom is -0.405 e. The monoisotopic (exact) mass is 339 g/mol. The van der Waals surface area contributed by atoms with Crippen LogP contribution in [0.1, 0.15) is 23.1 Å². The number of ether oxygens (including phenoxy) is 1. The van der Waals surface area contributed by atoms with Gasteiger partial charge in [0.15, 0.2) is 0 Å². The van der Waals surface area contributed by atoms with Crippen molar-refractivity contribution < 1.29 is 17.9 Å². The third kappa shape index (κ3) is 3.62. The lowest BCUT2D eigenvalue weighted by Crippen LogP contribution is -2.22. The molecule has 1 aliphatic heterocycles. The van der Waals surface area contributed by atoms with Gasteiger partial charge in [0.05, 0.1) is 6.04 Å². The van der Waals surface area contributed by atoms with Crippen LogP contribution in [0, 0.1) is 0 Å². The van der Waals surface area contributed by atoms with Gasteiger partial charge in [0.2, 0.25) is 0 Å². The maximum atomic E-state index is 12.6. The molecule has 1 N–H and O–H groups in total. The van der Waals surface area contributed by atoms with Crippen molar-refractivity contribution in [3.63, 3.8) is 0 Å². The number of nitrogens with one attached hydrogen (secondary N) is 1. The van der Waals surface area contributed by atoms with Gasteiger partial charge in [-0.15, -0.1) is 13.2 Å². The molecule has 2 unspecified atom stereocenters. The zero-order chi connectivity index (χ0) is 16.4. The van der Waals surface area contributed by atoms with Gasteiger partial charge in [-0.3, -0.25) is 0 Å². The first kappa shape index (κ1) is 15.7. The molecule has 1 heterocycles. The van der Waals surface area contributed by atoms with E-state index >= 15 is 0 Å². The van der Waals surface area contributed by atoms with E-state index in [2.05, 4.69) is 10.1 Å². The maximum absolute atomic E-state index is 12.6. The van der Waals surface area contributed by atoms with E-state index in [9.17, 15) is 13.2 Å². The van der Waals surface area contributed by atoms with Crippen LogP contribution >= 0.6 is 11.6 Å². The number of halogens is 4. The third-order valence-electron chi connectivity index (χ3n) is 3.67. The zero-order valence-corrected chi connectivity index (χ0v) is 12.6. The summed E-state index contributed by atoms with van der Waals surface area (Å²) in [5.74, 6) is -0.301. The summed E-state index contributed by atoms with van der Waals surface area (Å²) < 4.78 is 42.0. The summed E-state index contributed by atoms with van der Waals surface area (Å²) in [4.78, 5) is 0. The van der Waals surface area contributed by atoms with Crippen LogP contribution in [0.15, 0.2) is 60.8 Å². The Labute approximate surface area is 136 Å². The standard InChI is InChI=1S/C17H13ClF3NO/c18-12-7-5-11(6-8-12)13-9-10-22-16(13)14-3-1-2-4-15(14)23-17(19,20)21/h1-10,13,16,22H. The Bertz CT molecular complexity index is 713. The van der Waals surface area contributed by atoms with Crippen LogP contribution in [-0.4, -0.2) is 6.36 Å². The molecule has 0 bridgehead atoms. The number of alkyl halides is 3. The molecule has 2 aromatic carbocycles. The number of rotatable bonds is 3. The summed E-state index contributed by atoms with van der Waals surface area (Å²) in [6.45, 7) is 0. The fraction of sp³-hybridized carbons (Fsp3) is 0.176. The van der Waals surface area contributed by atoms with Crippen molar-refractivity contribution in [1.82, 2.24) is 5.32 Å². The first-order valence-electron chi connectivity index (χ1n) is 6.97. The Morgan fingerprint density at radius 2 is 1.70 bits per heavy atom. The van der Waals surface area contributed by atoms with Crippen molar-refractivity contribution in [1.29, 1.82) is 0 Å². The molecule has 120 valence electrons. The highest BCUT2D eigenvalue weighted by Gasteiger charge is 2.34. The number of hydrogen-bond acceptors (Lipinski definition) is 2. The van der Waals surface area contributed by atoms with Crippen LogP contribution < -0.4 is 10.1 Å². The summed E-state index contributed by atoms with van der Waals surface area (Å²) in [5.41, 5.74) is 1.41. The maximum Gasteiger partial charge on any atom is 0.573 e. The van der Waals surface area contributed by atoms with Crippen molar-refractivity contribution >= 4 is 11.6 Å². The molecular weight excluding hydrogens is 327 g/mol. The highest BCUT2D eigenvalue weighted by atomic mass is 35.5. The van der Waals surface area contributed by atoms with Gasteiger partial charge in [0.25, 0.3) is 0 Å². The van der Waals surface area contributed by atoms with Gasteiger partial charge >= 0.3 is 6.36 Å². The lowest BCUT2D eigenvalue weighted by atomic mass is 9.88. The molecule has 0 aliphatic carbocycles. The molecule has 1 aliphatic rings. The first-order chi connectivity index (χ1) is 10.9. The topological polar surface area (TPSA) is 21.3 Å². The fourth-order valence-electron chi connectivity index (χ4n) is 2.70. The molecule has 2 nitrogen and oxygen atoms in total. The van der Waals surface area contributed by atoms with Gasteiger partial charge in [-0.2, -0.15) is 0 Å². The van der Waals surface area contributed by atoms with Gasteiger partial charge in [0, 0.05) is 16.5 Å². The zero-order valence-electron chi connectivity index (χ0n) is 11.8. The van der Waals surface area contributed by atoms with E-state index in [4.69, 9.17) is 11.6 Å². The molecule has 3 rings (SSSR count). The van der Waals surface area contributed by atoms with Gasteiger partial charge in [-0.1, -0.05) is 48.0 Å². The Balaban J connectivity index is 1.93. The van der Waals surface area contributed by atoms with Crippen LogP contribution in [0.5, 0.6) is 5.75 Å². The third-order valence-corrected chi connectivity index (χ3v) is 3.93. The highest BCUT2D eigenvalue weighted by molar-refractivity contribution is 6.30. The summed E-state index contributed by atoms with van der Waals surface area (Å²) >= 11 is 5.89. The molecule has 0 saturated heterocycles. The second kappa shape index (κ2) is 6.16. The van der Waals surface area contributed by atoms with E-state index in [1.54, 1.807) is 30.5 Å². The first-order valence-corrected chi connectivity index (χ1v) is 7.35. The molecule has 0 spiro atoms. The normalized spacial score (nSPS) is 20.3. The Kier molecular flexibility index (Phi) is 4.22. The van der Waals surface area contributed by atoms with Gasteiger partial charge in [0.1, 0.15) is 5.75 Å². The Hall–Kier alpha value is -2.14. The molecule has 0 fully saturated rings. The molecule has 0 amide bonds. The van der Waals surface area contributed by atoms with E-state index < -0.39 is 6.36 Å². The van der Waals surface area contributed by atoms with Crippen LogP contribution in [0.25, 0.3) is 0 Å². The highest BCUT2D eigenvalue weighted by Crippen LogP contribution is 2.40. The predicted molar refractivity (Wildman–Crippen MR) is 82.3 cm³/mol. The number of para-hydroxylation sites is 1. The van der Waals surface area contributed by atoms with E-state index in [1.165, 1.54) is 12.1 Å². The fourth-order valence-corrected chi connectivity index (χ4v) is 2.83. The molecular formula is C17H13ClF3NO.